The highest BCUT2D eigenvalue weighted by atomic mass is 19.1. The van der Waals surface area contributed by atoms with E-state index in [2.05, 4.69) is 14.8 Å². The minimum absolute atomic E-state index is 0.273. The zero-order valence-corrected chi connectivity index (χ0v) is 16.0. The molecule has 1 aliphatic heterocycles. The summed E-state index contributed by atoms with van der Waals surface area (Å²) in [6, 6.07) is 4.95. The SMILES string of the molecule is Cn1ccnc1[C@@H](O)c1cccc(F)c1N1CCN(CC2CCCC2)CC1. The molecule has 1 aromatic heterocycles. The number of aliphatic hydroxyl groups is 1. The lowest BCUT2D eigenvalue weighted by Gasteiger charge is -2.38. The van der Waals surface area contributed by atoms with Crippen molar-refractivity contribution in [3.63, 3.8) is 0 Å². The maximum Gasteiger partial charge on any atom is 0.146 e. The number of aromatic nitrogens is 2. The summed E-state index contributed by atoms with van der Waals surface area (Å²) in [7, 11) is 1.84. The van der Waals surface area contributed by atoms with Gasteiger partial charge in [0.2, 0.25) is 0 Å². The molecule has 2 fully saturated rings. The lowest BCUT2D eigenvalue weighted by atomic mass is 10.0. The molecule has 6 heteroatoms. The normalized spacial score (nSPS) is 20.3. The topological polar surface area (TPSA) is 44.5 Å². The van der Waals surface area contributed by atoms with Crippen LogP contribution in [0.2, 0.25) is 0 Å². The monoisotopic (exact) mass is 372 g/mol. The number of para-hydroxylation sites is 1. The number of benzene rings is 1. The second-order valence-corrected chi connectivity index (χ2v) is 7.91. The highest BCUT2D eigenvalue weighted by Gasteiger charge is 2.27. The lowest BCUT2D eigenvalue weighted by molar-refractivity contribution is 0.203. The van der Waals surface area contributed by atoms with E-state index in [9.17, 15) is 9.50 Å². The molecule has 1 N–H and O–H groups in total. The van der Waals surface area contributed by atoms with Crippen molar-refractivity contribution in [2.24, 2.45) is 13.0 Å². The molecule has 1 saturated carbocycles. The van der Waals surface area contributed by atoms with Crippen molar-refractivity contribution >= 4 is 5.69 Å². The first-order valence-corrected chi connectivity index (χ1v) is 10.0. The number of aliphatic hydroxyl groups excluding tert-OH is 1. The molecule has 1 aromatic carbocycles. The van der Waals surface area contributed by atoms with Gasteiger partial charge in [0.15, 0.2) is 0 Å². The second-order valence-electron chi connectivity index (χ2n) is 7.91. The molecular weight excluding hydrogens is 343 g/mol. The molecule has 2 aromatic rings. The maximum absolute atomic E-state index is 14.8. The zero-order valence-electron chi connectivity index (χ0n) is 16.0. The van der Waals surface area contributed by atoms with Crippen LogP contribution < -0.4 is 4.90 Å². The Hall–Kier alpha value is -1.92. The average molecular weight is 372 g/mol. The molecule has 0 radical (unpaired) electrons. The van der Waals surface area contributed by atoms with E-state index in [0.717, 1.165) is 32.1 Å². The van der Waals surface area contributed by atoms with Crippen molar-refractivity contribution < 1.29 is 9.50 Å². The van der Waals surface area contributed by atoms with Gasteiger partial charge in [0.25, 0.3) is 0 Å². The Labute approximate surface area is 160 Å². The number of anilines is 1. The first-order valence-electron chi connectivity index (χ1n) is 10.0. The van der Waals surface area contributed by atoms with Crippen LogP contribution in [-0.2, 0) is 7.05 Å². The molecule has 1 aliphatic carbocycles. The van der Waals surface area contributed by atoms with E-state index in [4.69, 9.17) is 0 Å². The number of rotatable bonds is 5. The Balaban J connectivity index is 1.50. The van der Waals surface area contributed by atoms with Gasteiger partial charge in [-0.2, -0.15) is 0 Å². The first kappa shape index (κ1) is 18.4. The molecule has 5 nitrogen and oxygen atoms in total. The third-order valence-corrected chi connectivity index (χ3v) is 6.10. The molecule has 27 heavy (non-hydrogen) atoms. The highest BCUT2D eigenvalue weighted by Crippen LogP contribution is 2.33. The summed E-state index contributed by atoms with van der Waals surface area (Å²) >= 11 is 0. The molecule has 0 amide bonds. The maximum atomic E-state index is 14.8. The number of piperazine rings is 1. The summed E-state index contributed by atoms with van der Waals surface area (Å²) in [5, 5.41) is 10.9. The fraction of sp³-hybridized carbons (Fsp3) is 0.571. The smallest absolute Gasteiger partial charge is 0.146 e. The molecular formula is C21H29FN4O. The van der Waals surface area contributed by atoms with Gasteiger partial charge < -0.3 is 14.6 Å². The van der Waals surface area contributed by atoms with Gasteiger partial charge in [-0.15, -0.1) is 0 Å². The van der Waals surface area contributed by atoms with Crippen molar-refractivity contribution in [1.82, 2.24) is 14.5 Å². The standard InChI is InChI=1S/C21H29FN4O/c1-24-10-9-23-21(24)20(27)17-7-4-8-18(22)19(17)26-13-11-25(12-14-26)15-16-5-2-3-6-16/h4,7-10,16,20,27H,2-3,5-6,11-15H2,1H3/t20-/m0/s1. The molecule has 146 valence electrons. The molecule has 2 heterocycles. The van der Waals surface area contributed by atoms with Crippen LogP contribution in [0.1, 0.15) is 43.2 Å². The van der Waals surface area contributed by atoms with Crippen molar-refractivity contribution in [2.45, 2.75) is 31.8 Å². The van der Waals surface area contributed by atoms with E-state index in [1.807, 2.05) is 13.1 Å². The van der Waals surface area contributed by atoms with Gasteiger partial charge in [0.05, 0.1) is 5.69 Å². The largest absolute Gasteiger partial charge is 0.380 e. The minimum Gasteiger partial charge on any atom is -0.380 e. The molecule has 4 rings (SSSR count). The van der Waals surface area contributed by atoms with Crippen molar-refractivity contribution in [2.75, 3.05) is 37.6 Å². The quantitative estimate of drug-likeness (QED) is 0.877. The summed E-state index contributed by atoms with van der Waals surface area (Å²) in [5.41, 5.74) is 1.11. The minimum atomic E-state index is -0.938. The Bertz CT molecular complexity index is 763. The molecule has 0 spiro atoms. The Morgan fingerprint density at radius 3 is 2.59 bits per heavy atom. The predicted molar refractivity (Wildman–Crippen MR) is 104 cm³/mol. The van der Waals surface area contributed by atoms with Crippen LogP contribution in [0.3, 0.4) is 0 Å². The van der Waals surface area contributed by atoms with Crippen molar-refractivity contribution in [3.8, 4) is 0 Å². The number of imidazole rings is 1. The molecule has 2 aliphatic rings. The van der Waals surface area contributed by atoms with Gasteiger partial charge in [-0.05, 0) is 24.8 Å². The molecule has 0 bridgehead atoms. The summed E-state index contributed by atoms with van der Waals surface area (Å²) in [5.74, 6) is 1.09. The van der Waals surface area contributed by atoms with Crippen molar-refractivity contribution in [3.05, 3.63) is 47.8 Å². The van der Waals surface area contributed by atoms with Crippen LogP contribution in [-0.4, -0.2) is 52.3 Å². The van der Waals surface area contributed by atoms with E-state index in [1.54, 1.807) is 23.0 Å². The number of nitrogens with zero attached hydrogens (tertiary/aromatic N) is 4. The van der Waals surface area contributed by atoms with Crippen molar-refractivity contribution in [1.29, 1.82) is 0 Å². The molecule has 1 atom stereocenters. The van der Waals surface area contributed by atoms with Gasteiger partial charge in [0.1, 0.15) is 17.7 Å². The third-order valence-electron chi connectivity index (χ3n) is 6.10. The van der Waals surface area contributed by atoms with Crippen LogP contribution in [0.4, 0.5) is 10.1 Å². The van der Waals surface area contributed by atoms with Gasteiger partial charge in [0, 0.05) is 57.7 Å². The van der Waals surface area contributed by atoms with Crippen LogP contribution in [0, 0.1) is 11.7 Å². The number of hydrogen-bond donors (Lipinski definition) is 1. The number of hydrogen-bond acceptors (Lipinski definition) is 4. The van der Waals surface area contributed by atoms with Crippen LogP contribution in [0.5, 0.6) is 0 Å². The Morgan fingerprint density at radius 1 is 1.19 bits per heavy atom. The van der Waals surface area contributed by atoms with Gasteiger partial charge in [-0.25, -0.2) is 9.37 Å². The summed E-state index contributed by atoms with van der Waals surface area (Å²) in [6.07, 6.45) is 7.95. The van der Waals surface area contributed by atoms with E-state index >= 15 is 0 Å². The lowest BCUT2D eigenvalue weighted by Crippen LogP contribution is -2.48. The van der Waals surface area contributed by atoms with Crippen LogP contribution in [0.15, 0.2) is 30.6 Å². The third kappa shape index (κ3) is 3.87. The van der Waals surface area contributed by atoms with Gasteiger partial charge in [-0.1, -0.05) is 25.0 Å². The van der Waals surface area contributed by atoms with E-state index in [1.165, 1.54) is 38.3 Å². The number of aryl methyl sites for hydroxylation is 1. The van der Waals surface area contributed by atoms with Crippen LogP contribution >= 0.6 is 0 Å². The Kier molecular flexibility index (Phi) is 5.45. The first-order chi connectivity index (χ1) is 13.1. The van der Waals surface area contributed by atoms with E-state index in [-0.39, 0.29) is 5.82 Å². The van der Waals surface area contributed by atoms with Crippen LogP contribution in [0.25, 0.3) is 0 Å². The zero-order chi connectivity index (χ0) is 18.8. The van der Waals surface area contributed by atoms with E-state index in [0.29, 0.717) is 17.1 Å². The molecule has 1 saturated heterocycles. The fourth-order valence-electron chi connectivity index (χ4n) is 4.58. The predicted octanol–water partition coefficient (Wildman–Crippen LogP) is 2.95. The van der Waals surface area contributed by atoms with E-state index < -0.39 is 6.10 Å². The summed E-state index contributed by atoms with van der Waals surface area (Å²) in [4.78, 5) is 8.84. The summed E-state index contributed by atoms with van der Waals surface area (Å²) < 4.78 is 16.5. The average Bonchev–Trinajstić information content (AvgIpc) is 3.33. The second kappa shape index (κ2) is 7.98. The summed E-state index contributed by atoms with van der Waals surface area (Å²) in [6.45, 7) is 4.64. The fourth-order valence-corrected chi connectivity index (χ4v) is 4.58. The highest BCUT2D eigenvalue weighted by molar-refractivity contribution is 5.57. The number of halogens is 1. The van der Waals surface area contributed by atoms with Gasteiger partial charge in [-0.3, -0.25) is 4.90 Å². The van der Waals surface area contributed by atoms with Gasteiger partial charge >= 0.3 is 0 Å². The Morgan fingerprint density at radius 2 is 1.93 bits per heavy atom. The molecule has 0 unspecified atom stereocenters.